The molecule has 4 rings (SSSR count). The molecule has 4 aliphatic carbocycles. The van der Waals surface area contributed by atoms with E-state index >= 15 is 0 Å². The van der Waals surface area contributed by atoms with Gasteiger partial charge < -0.3 is 10.1 Å². The van der Waals surface area contributed by atoms with Crippen LogP contribution in [0.3, 0.4) is 0 Å². The predicted octanol–water partition coefficient (Wildman–Crippen LogP) is 9.07. The minimum Gasteiger partial charge on any atom is -0.446 e. The Morgan fingerprint density at radius 3 is 2.69 bits per heavy atom. The second-order valence-electron chi connectivity index (χ2n) is 13.5. The van der Waals surface area contributed by atoms with Gasteiger partial charge in [0.2, 0.25) is 0 Å². The first-order chi connectivity index (χ1) is 17.2. The Balaban J connectivity index is 1.41. The standard InChI is InChI=1S/C32H52BrNO2/c1-6-23(10-7-9-22(2)3)27-13-14-28-26-12-11-24-21-25(36-30(35)34-20-8-19-33)15-17-31(24,4)29(26)16-18-32(27,28)5/h6,11,22-23,25-29H,1,7-10,12-21H2,2-5H3,(H,34,35)/t23-,25+,26?,27-,28?,29?,31+,32-/m1/s1. The first-order valence-electron chi connectivity index (χ1n) is 15.1. The molecular weight excluding hydrogens is 510 g/mol. The molecule has 8 atom stereocenters. The third-order valence-electron chi connectivity index (χ3n) is 11.1. The highest BCUT2D eigenvalue weighted by Crippen LogP contribution is 2.67. The maximum atomic E-state index is 12.2. The molecule has 0 bridgehead atoms. The third-order valence-corrected chi connectivity index (χ3v) is 11.7. The number of hydrogen-bond acceptors (Lipinski definition) is 2. The van der Waals surface area contributed by atoms with E-state index in [-0.39, 0.29) is 12.2 Å². The first kappa shape index (κ1) is 28.2. The lowest BCUT2D eigenvalue weighted by Crippen LogP contribution is -2.51. The van der Waals surface area contributed by atoms with Crippen LogP contribution in [0.25, 0.3) is 0 Å². The van der Waals surface area contributed by atoms with E-state index in [2.05, 4.69) is 67.7 Å². The molecule has 0 aromatic rings. The first-order valence-corrected chi connectivity index (χ1v) is 16.2. The fourth-order valence-electron chi connectivity index (χ4n) is 9.17. The second-order valence-corrected chi connectivity index (χ2v) is 14.2. The summed E-state index contributed by atoms with van der Waals surface area (Å²) in [7, 11) is 0. The van der Waals surface area contributed by atoms with E-state index in [4.69, 9.17) is 4.74 Å². The monoisotopic (exact) mass is 561 g/mol. The van der Waals surface area contributed by atoms with Crippen molar-refractivity contribution >= 4 is 22.0 Å². The zero-order valence-corrected chi connectivity index (χ0v) is 25.1. The van der Waals surface area contributed by atoms with Crippen molar-refractivity contribution in [3.8, 4) is 0 Å². The van der Waals surface area contributed by atoms with Crippen LogP contribution in [-0.4, -0.2) is 24.1 Å². The van der Waals surface area contributed by atoms with Crippen LogP contribution in [0.15, 0.2) is 24.3 Å². The van der Waals surface area contributed by atoms with E-state index < -0.39 is 0 Å². The Bertz CT molecular complexity index is 808. The summed E-state index contributed by atoms with van der Waals surface area (Å²) in [6, 6.07) is 0. The number of alkyl carbamates (subject to hydrolysis) is 1. The molecule has 1 amide bonds. The number of rotatable bonds is 10. The fourth-order valence-corrected chi connectivity index (χ4v) is 9.45. The van der Waals surface area contributed by atoms with Crippen LogP contribution in [0.5, 0.6) is 0 Å². The number of ether oxygens (including phenoxy) is 1. The van der Waals surface area contributed by atoms with Crippen LogP contribution in [0, 0.1) is 46.3 Å². The summed E-state index contributed by atoms with van der Waals surface area (Å²) in [4.78, 5) is 12.2. The van der Waals surface area contributed by atoms with E-state index in [1.807, 2.05) is 0 Å². The van der Waals surface area contributed by atoms with Crippen LogP contribution >= 0.6 is 15.9 Å². The molecule has 36 heavy (non-hydrogen) atoms. The Labute approximate surface area is 229 Å². The highest BCUT2D eigenvalue weighted by molar-refractivity contribution is 9.09. The molecule has 3 saturated carbocycles. The second kappa shape index (κ2) is 12.0. The van der Waals surface area contributed by atoms with Gasteiger partial charge in [0.05, 0.1) is 0 Å². The predicted molar refractivity (Wildman–Crippen MR) is 154 cm³/mol. The number of carbonyl (C=O) groups excluding carboxylic acids is 1. The lowest BCUT2D eigenvalue weighted by molar-refractivity contribution is -0.0563. The molecular formula is C32H52BrNO2. The van der Waals surface area contributed by atoms with Gasteiger partial charge in [-0.1, -0.05) is 74.2 Å². The Hall–Kier alpha value is -0.770. The molecule has 0 heterocycles. The number of halogens is 1. The summed E-state index contributed by atoms with van der Waals surface area (Å²) >= 11 is 3.41. The normalized spacial score (nSPS) is 38.4. The average Bonchev–Trinajstić information content (AvgIpc) is 3.19. The van der Waals surface area contributed by atoms with Gasteiger partial charge in [-0.15, -0.1) is 6.58 Å². The van der Waals surface area contributed by atoms with Gasteiger partial charge in [0, 0.05) is 18.3 Å². The third kappa shape index (κ3) is 5.64. The number of allylic oxidation sites excluding steroid dienone is 2. The number of amides is 1. The quantitative estimate of drug-likeness (QED) is 0.164. The molecule has 3 nitrogen and oxygen atoms in total. The summed E-state index contributed by atoms with van der Waals surface area (Å²) in [5.74, 6) is 4.79. The van der Waals surface area contributed by atoms with Crippen molar-refractivity contribution in [1.29, 1.82) is 0 Å². The van der Waals surface area contributed by atoms with Crippen molar-refractivity contribution in [2.75, 3.05) is 11.9 Å². The van der Waals surface area contributed by atoms with E-state index in [9.17, 15) is 4.79 Å². The largest absolute Gasteiger partial charge is 0.446 e. The van der Waals surface area contributed by atoms with Crippen molar-refractivity contribution in [2.45, 2.75) is 111 Å². The van der Waals surface area contributed by atoms with E-state index in [1.165, 1.54) is 51.4 Å². The van der Waals surface area contributed by atoms with Crippen molar-refractivity contribution in [2.24, 2.45) is 46.3 Å². The summed E-state index contributed by atoms with van der Waals surface area (Å²) in [6.45, 7) is 14.9. The summed E-state index contributed by atoms with van der Waals surface area (Å²) in [5, 5.41) is 3.81. The molecule has 0 radical (unpaired) electrons. The smallest absolute Gasteiger partial charge is 0.407 e. The molecule has 1 N–H and O–H groups in total. The van der Waals surface area contributed by atoms with E-state index in [0.29, 0.717) is 23.3 Å². The fraction of sp³-hybridized carbons (Fsp3) is 0.844. The van der Waals surface area contributed by atoms with Gasteiger partial charge in [0.15, 0.2) is 0 Å². The molecule has 0 spiro atoms. The van der Waals surface area contributed by atoms with Crippen LogP contribution in [0.2, 0.25) is 0 Å². The van der Waals surface area contributed by atoms with Gasteiger partial charge in [-0.05, 0) is 104 Å². The zero-order valence-electron chi connectivity index (χ0n) is 23.5. The molecule has 0 aromatic heterocycles. The SMILES string of the molecule is C=C[C@H](CCCC(C)C)[C@H]1CCC2C3CC=C4C[C@@H](OC(=O)NCCCBr)CC[C@]4(C)C3CC[C@@]21C. The van der Waals surface area contributed by atoms with Crippen molar-refractivity contribution in [3.05, 3.63) is 24.3 Å². The Morgan fingerprint density at radius 2 is 1.97 bits per heavy atom. The maximum Gasteiger partial charge on any atom is 0.407 e. The van der Waals surface area contributed by atoms with Crippen LogP contribution in [0.1, 0.15) is 105 Å². The van der Waals surface area contributed by atoms with Gasteiger partial charge in [0.1, 0.15) is 6.10 Å². The number of hydrogen-bond donors (Lipinski definition) is 1. The molecule has 0 saturated heterocycles. The van der Waals surface area contributed by atoms with Gasteiger partial charge in [0.25, 0.3) is 0 Å². The minimum atomic E-state index is -0.241. The maximum absolute atomic E-state index is 12.2. The Morgan fingerprint density at radius 1 is 1.17 bits per heavy atom. The summed E-state index contributed by atoms with van der Waals surface area (Å²) < 4.78 is 5.84. The lowest BCUT2D eigenvalue weighted by Gasteiger charge is -2.58. The highest BCUT2D eigenvalue weighted by Gasteiger charge is 2.59. The molecule has 0 aromatic carbocycles. The number of nitrogens with one attached hydrogen (secondary N) is 1. The molecule has 4 aliphatic rings. The summed E-state index contributed by atoms with van der Waals surface area (Å²) in [6.07, 6.45) is 19.6. The summed E-state index contributed by atoms with van der Waals surface area (Å²) in [5.41, 5.74) is 2.36. The number of fused-ring (bicyclic) bond motifs is 5. The lowest BCUT2D eigenvalue weighted by atomic mass is 9.47. The van der Waals surface area contributed by atoms with Crippen molar-refractivity contribution in [3.63, 3.8) is 0 Å². The van der Waals surface area contributed by atoms with Gasteiger partial charge >= 0.3 is 6.09 Å². The van der Waals surface area contributed by atoms with E-state index in [1.54, 1.807) is 5.57 Å². The molecule has 0 aliphatic heterocycles. The van der Waals surface area contributed by atoms with Gasteiger partial charge in [-0.3, -0.25) is 0 Å². The van der Waals surface area contributed by atoms with E-state index in [0.717, 1.165) is 60.6 Å². The molecule has 204 valence electrons. The molecule has 3 unspecified atom stereocenters. The Kier molecular flexibility index (Phi) is 9.38. The van der Waals surface area contributed by atoms with Crippen LogP contribution < -0.4 is 5.32 Å². The average molecular weight is 563 g/mol. The van der Waals surface area contributed by atoms with Crippen molar-refractivity contribution < 1.29 is 9.53 Å². The van der Waals surface area contributed by atoms with Gasteiger partial charge in [-0.2, -0.15) is 0 Å². The van der Waals surface area contributed by atoms with Gasteiger partial charge in [-0.25, -0.2) is 4.79 Å². The van der Waals surface area contributed by atoms with Crippen molar-refractivity contribution in [1.82, 2.24) is 5.32 Å². The minimum absolute atomic E-state index is 0.0359. The number of alkyl halides is 1. The zero-order chi connectivity index (χ0) is 25.9. The molecule has 4 heteroatoms. The number of carbonyl (C=O) groups is 1. The molecule has 3 fully saturated rings. The van der Waals surface area contributed by atoms with Crippen LogP contribution in [-0.2, 0) is 4.74 Å². The highest BCUT2D eigenvalue weighted by atomic mass is 79.9. The topological polar surface area (TPSA) is 38.3 Å². The van der Waals surface area contributed by atoms with Crippen LogP contribution in [0.4, 0.5) is 4.79 Å².